The van der Waals surface area contributed by atoms with Gasteiger partial charge in [-0.25, -0.2) is 0 Å². The Hall–Kier alpha value is -3.53. The van der Waals surface area contributed by atoms with Gasteiger partial charge >= 0.3 is 12.1 Å². The van der Waals surface area contributed by atoms with Gasteiger partial charge in [-0.3, -0.25) is 9.59 Å². The highest BCUT2D eigenvalue weighted by Gasteiger charge is 2.79. The van der Waals surface area contributed by atoms with Gasteiger partial charge in [-0.2, -0.15) is 22.0 Å². The number of anilines is 2. The first kappa shape index (κ1) is 31.5. The lowest BCUT2D eigenvalue weighted by Crippen LogP contribution is -2.65. The van der Waals surface area contributed by atoms with Gasteiger partial charge in [0, 0.05) is 42.6 Å². The summed E-state index contributed by atoms with van der Waals surface area (Å²) in [5.41, 5.74) is 1.40. The molecule has 6 rings (SSSR count). The second-order valence-electron chi connectivity index (χ2n) is 13.3. The van der Waals surface area contributed by atoms with Crippen molar-refractivity contribution in [1.82, 2.24) is 0 Å². The van der Waals surface area contributed by atoms with Gasteiger partial charge in [0.05, 0.1) is 0 Å². The molecule has 3 N–H and O–H groups in total. The smallest absolute Gasteiger partial charge is 0.383 e. The van der Waals surface area contributed by atoms with E-state index in [4.69, 9.17) is 0 Å². The fraction of sp³-hybridized carbons (Fsp3) is 0.486. The number of nitrogens with one attached hydrogen (secondary N) is 2. The molecule has 0 aromatic heterocycles. The lowest BCUT2D eigenvalue weighted by Gasteiger charge is -2.56. The van der Waals surface area contributed by atoms with Crippen LogP contribution >= 0.6 is 0 Å². The fourth-order valence-corrected chi connectivity index (χ4v) is 8.66. The van der Waals surface area contributed by atoms with E-state index in [1.807, 2.05) is 36.4 Å². The monoisotopic (exact) mass is 628 g/mol. The predicted molar refractivity (Wildman–Crippen MR) is 161 cm³/mol. The standard InChI is InChI=1S/C35H37F5N2O3/c1-20(43)42-25-10-8-24(9-11-25)41-19-21-3-5-22(6-4-21)29-18-32(2)30(15-16-33(32,45)34(36,37)35(38,39)40)28-13-7-23-17-26(44)12-14-27(23)31(28)29/h3-6,8-11,17,28-30,41,45H,7,12-16,18-19H2,1-2H3,(H,42,43)/t28-,29+,30-,32-,33-/m0/s1. The maximum absolute atomic E-state index is 15.2. The zero-order chi connectivity index (χ0) is 32.4. The molecule has 10 heteroatoms. The lowest BCUT2D eigenvalue weighted by molar-refractivity contribution is -0.362. The first-order valence-electron chi connectivity index (χ1n) is 15.5. The summed E-state index contributed by atoms with van der Waals surface area (Å²) in [7, 11) is 0. The van der Waals surface area contributed by atoms with Crippen LogP contribution in [0.25, 0.3) is 0 Å². The van der Waals surface area contributed by atoms with Gasteiger partial charge in [0.2, 0.25) is 5.91 Å². The number of aliphatic hydroxyl groups is 1. The molecule has 4 aliphatic carbocycles. The Balaban J connectivity index is 1.33. The molecular formula is C35H37F5N2O3. The average molecular weight is 629 g/mol. The largest absolute Gasteiger partial charge is 0.456 e. The van der Waals surface area contributed by atoms with Crippen LogP contribution in [0.3, 0.4) is 0 Å². The molecule has 45 heavy (non-hydrogen) atoms. The molecule has 0 spiro atoms. The number of fused-ring (bicyclic) bond motifs is 4. The third-order valence-electron chi connectivity index (χ3n) is 10.8. The van der Waals surface area contributed by atoms with Gasteiger partial charge < -0.3 is 15.7 Å². The van der Waals surface area contributed by atoms with Gasteiger partial charge in [0.1, 0.15) is 5.60 Å². The van der Waals surface area contributed by atoms with Crippen molar-refractivity contribution in [3.63, 3.8) is 0 Å². The SMILES string of the molecule is CC(=O)Nc1ccc(NCc2ccc([C@H]3C[C@@]4(C)[C@@H](CC[C@@]4(O)C(F)(F)C(F)(F)F)[C@@H]4CCC5=CC(=O)CCC5=C43)cc2)cc1. The summed E-state index contributed by atoms with van der Waals surface area (Å²) in [4.78, 5) is 23.5. The molecule has 0 bridgehead atoms. The summed E-state index contributed by atoms with van der Waals surface area (Å²) >= 11 is 0. The molecule has 2 aromatic rings. The van der Waals surface area contributed by atoms with Crippen molar-refractivity contribution >= 4 is 23.1 Å². The molecule has 0 heterocycles. The molecule has 5 atom stereocenters. The van der Waals surface area contributed by atoms with Crippen molar-refractivity contribution in [1.29, 1.82) is 0 Å². The number of benzene rings is 2. The van der Waals surface area contributed by atoms with Gasteiger partial charge in [-0.05, 0) is 103 Å². The number of ketones is 1. The van der Waals surface area contributed by atoms with Crippen LogP contribution < -0.4 is 10.6 Å². The number of hydrogen-bond acceptors (Lipinski definition) is 4. The quantitative estimate of drug-likeness (QED) is 0.283. The zero-order valence-corrected chi connectivity index (χ0v) is 25.2. The molecule has 5 nitrogen and oxygen atoms in total. The highest BCUT2D eigenvalue weighted by atomic mass is 19.4. The van der Waals surface area contributed by atoms with E-state index < -0.39 is 41.4 Å². The van der Waals surface area contributed by atoms with Crippen molar-refractivity contribution in [2.45, 2.75) is 89.0 Å². The summed E-state index contributed by atoms with van der Waals surface area (Å²) in [5.74, 6) is -6.63. The van der Waals surface area contributed by atoms with Crippen LogP contribution in [-0.2, 0) is 16.1 Å². The van der Waals surface area contributed by atoms with Crippen LogP contribution in [0.2, 0.25) is 0 Å². The maximum Gasteiger partial charge on any atom is 0.456 e. The van der Waals surface area contributed by atoms with Crippen LogP contribution in [-0.4, -0.2) is 34.5 Å². The molecule has 0 saturated heterocycles. The Kier molecular flexibility index (Phi) is 7.74. The van der Waals surface area contributed by atoms with Crippen molar-refractivity contribution in [2.24, 2.45) is 17.3 Å². The molecule has 240 valence electrons. The predicted octanol–water partition coefficient (Wildman–Crippen LogP) is 8.09. The minimum absolute atomic E-state index is 0.0470. The zero-order valence-electron chi connectivity index (χ0n) is 25.2. The number of alkyl halides is 5. The minimum atomic E-state index is -5.88. The number of rotatable bonds is 6. The van der Waals surface area contributed by atoms with Gasteiger partial charge in [-0.15, -0.1) is 0 Å². The van der Waals surface area contributed by atoms with Crippen LogP contribution in [0.4, 0.5) is 33.3 Å². The fourth-order valence-electron chi connectivity index (χ4n) is 8.66. The Morgan fingerprint density at radius 1 is 0.956 bits per heavy atom. The van der Waals surface area contributed by atoms with E-state index in [1.165, 1.54) is 13.8 Å². The topological polar surface area (TPSA) is 78.4 Å². The summed E-state index contributed by atoms with van der Waals surface area (Å²) < 4.78 is 71.8. The van der Waals surface area contributed by atoms with E-state index in [2.05, 4.69) is 10.6 Å². The molecule has 0 unspecified atom stereocenters. The molecule has 0 radical (unpaired) electrons. The van der Waals surface area contributed by atoms with E-state index in [0.29, 0.717) is 37.9 Å². The molecule has 4 aliphatic rings. The number of carbonyl (C=O) groups is 2. The minimum Gasteiger partial charge on any atom is -0.383 e. The van der Waals surface area contributed by atoms with E-state index >= 15 is 8.78 Å². The third kappa shape index (κ3) is 5.19. The average Bonchev–Trinajstić information content (AvgIpc) is 3.27. The van der Waals surface area contributed by atoms with Crippen molar-refractivity contribution < 1.29 is 36.6 Å². The summed E-state index contributed by atoms with van der Waals surface area (Å²) in [5, 5.41) is 17.5. The second-order valence-corrected chi connectivity index (χ2v) is 13.3. The van der Waals surface area contributed by atoms with E-state index in [1.54, 1.807) is 18.2 Å². The maximum atomic E-state index is 15.2. The normalized spacial score (nSPS) is 29.8. The van der Waals surface area contributed by atoms with Crippen LogP contribution in [0.5, 0.6) is 0 Å². The van der Waals surface area contributed by atoms with Crippen LogP contribution in [0.1, 0.15) is 75.8 Å². The van der Waals surface area contributed by atoms with Gasteiger partial charge in [-0.1, -0.05) is 36.8 Å². The Labute approximate surface area is 259 Å². The highest BCUT2D eigenvalue weighted by molar-refractivity contribution is 5.93. The van der Waals surface area contributed by atoms with Gasteiger partial charge in [0.15, 0.2) is 5.78 Å². The van der Waals surface area contributed by atoms with E-state index in [0.717, 1.165) is 33.5 Å². The van der Waals surface area contributed by atoms with Crippen LogP contribution in [0.15, 0.2) is 71.3 Å². The second kappa shape index (κ2) is 11.1. The summed E-state index contributed by atoms with van der Waals surface area (Å²) in [6.07, 6.45) is -2.80. The molecular weight excluding hydrogens is 591 g/mol. The van der Waals surface area contributed by atoms with Crippen molar-refractivity contribution in [3.05, 3.63) is 82.5 Å². The lowest BCUT2D eigenvalue weighted by atomic mass is 9.50. The Bertz CT molecular complexity index is 1560. The highest BCUT2D eigenvalue weighted by Crippen LogP contribution is 2.70. The third-order valence-corrected chi connectivity index (χ3v) is 10.8. The van der Waals surface area contributed by atoms with E-state index in [-0.39, 0.29) is 30.4 Å². The summed E-state index contributed by atoms with van der Waals surface area (Å²) in [6.45, 7) is 3.35. The number of amides is 1. The molecule has 2 saturated carbocycles. The first-order valence-corrected chi connectivity index (χ1v) is 15.5. The van der Waals surface area contributed by atoms with Crippen LogP contribution in [0, 0.1) is 17.3 Å². The van der Waals surface area contributed by atoms with Gasteiger partial charge in [0.25, 0.3) is 0 Å². The Morgan fingerprint density at radius 2 is 1.62 bits per heavy atom. The molecule has 2 fully saturated rings. The molecule has 0 aliphatic heterocycles. The van der Waals surface area contributed by atoms with E-state index in [9.17, 15) is 27.9 Å². The van der Waals surface area contributed by atoms with Crippen molar-refractivity contribution in [2.75, 3.05) is 10.6 Å². The Morgan fingerprint density at radius 3 is 2.27 bits per heavy atom. The number of halogens is 5. The summed E-state index contributed by atoms with van der Waals surface area (Å²) in [6, 6.07) is 14.9. The number of carbonyl (C=O) groups excluding carboxylic acids is 2. The molecule has 2 aromatic carbocycles. The van der Waals surface area contributed by atoms with Crippen molar-refractivity contribution in [3.8, 4) is 0 Å². The number of allylic oxidation sites excluding steroid dienone is 4. The first-order chi connectivity index (χ1) is 21.1. The molecule has 1 amide bonds. The number of hydrogen-bond donors (Lipinski definition) is 3.